The van der Waals surface area contributed by atoms with Gasteiger partial charge < -0.3 is 0 Å². The third kappa shape index (κ3) is 3.07. The third-order valence-electron chi connectivity index (χ3n) is 2.78. The van der Waals surface area contributed by atoms with Crippen LogP contribution in [-0.4, -0.2) is 26.1 Å². The first-order chi connectivity index (χ1) is 10.2. The lowest BCUT2D eigenvalue weighted by atomic mass is 10.2. The highest BCUT2D eigenvalue weighted by molar-refractivity contribution is 7.71. The van der Waals surface area contributed by atoms with Crippen LogP contribution in [0.4, 0.5) is 0 Å². The Balaban J connectivity index is 1.98. The summed E-state index contributed by atoms with van der Waals surface area (Å²) in [5.74, 6) is 0.632. The van der Waals surface area contributed by atoms with Crippen LogP contribution >= 0.6 is 23.8 Å². The Labute approximate surface area is 130 Å². The summed E-state index contributed by atoms with van der Waals surface area (Å²) in [6.45, 7) is 0. The van der Waals surface area contributed by atoms with Crippen molar-refractivity contribution in [3.05, 3.63) is 64.1 Å². The van der Waals surface area contributed by atoms with E-state index in [4.69, 9.17) is 23.8 Å². The fourth-order valence-corrected chi connectivity index (χ4v) is 2.07. The monoisotopic (exact) mass is 315 g/mol. The van der Waals surface area contributed by atoms with Crippen LogP contribution in [0, 0.1) is 4.77 Å². The van der Waals surface area contributed by atoms with Gasteiger partial charge in [-0.3, -0.25) is 4.98 Å². The smallest absolute Gasteiger partial charge is 0.216 e. The van der Waals surface area contributed by atoms with E-state index in [-0.39, 0.29) is 0 Å². The fraction of sp³-hybridized carbons (Fsp3) is 0. The number of benzene rings is 1. The number of aromatic amines is 1. The zero-order chi connectivity index (χ0) is 14.7. The van der Waals surface area contributed by atoms with Crippen molar-refractivity contribution < 1.29 is 0 Å². The minimum Gasteiger partial charge on any atom is -0.265 e. The Morgan fingerprint density at radius 1 is 1.14 bits per heavy atom. The molecule has 1 aromatic carbocycles. The maximum absolute atomic E-state index is 5.85. The maximum Gasteiger partial charge on any atom is 0.216 e. The van der Waals surface area contributed by atoms with E-state index >= 15 is 0 Å². The second kappa shape index (κ2) is 5.99. The summed E-state index contributed by atoms with van der Waals surface area (Å²) in [6, 6.07) is 11.1. The number of H-pyrrole nitrogens is 1. The number of hydrogen-bond acceptors (Lipinski definition) is 4. The number of rotatable bonds is 3. The molecule has 0 aliphatic rings. The molecule has 0 amide bonds. The third-order valence-corrected chi connectivity index (χ3v) is 3.30. The van der Waals surface area contributed by atoms with Crippen LogP contribution in [-0.2, 0) is 0 Å². The number of hydrogen-bond donors (Lipinski definition) is 1. The molecule has 0 fully saturated rings. The van der Waals surface area contributed by atoms with Gasteiger partial charge in [0.15, 0.2) is 5.82 Å². The minimum absolute atomic E-state index is 0.423. The molecule has 0 saturated carbocycles. The summed E-state index contributed by atoms with van der Waals surface area (Å²) in [6.07, 6.45) is 5.09. The lowest BCUT2D eigenvalue weighted by molar-refractivity contribution is 0.871. The van der Waals surface area contributed by atoms with Crippen LogP contribution in [0.5, 0.6) is 0 Å². The summed E-state index contributed by atoms with van der Waals surface area (Å²) >= 11 is 11.1. The molecule has 3 rings (SSSR count). The first kappa shape index (κ1) is 13.7. The van der Waals surface area contributed by atoms with Crippen LogP contribution < -0.4 is 0 Å². The lowest BCUT2D eigenvalue weighted by Crippen LogP contribution is -1.95. The van der Waals surface area contributed by atoms with Crippen LogP contribution in [0.3, 0.4) is 0 Å². The second-order valence-electron chi connectivity index (χ2n) is 4.20. The SMILES string of the molecule is S=c1[nH]nc(-c2ccncc2)n1/N=C\c1ccc(Cl)cc1. The number of halogens is 1. The Morgan fingerprint density at radius 2 is 1.86 bits per heavy atom. The zero-order valence-corrected chi connectivity index (χ0v) is 12.3. The minimum atomic E-state index is 0.423. The van der Waals surface area contributed by atoms with Gasteiger partial charge in [0.2, 0.25) is 4.77 Å². The molecule has 2 aromatic heterocycles. The van der Waals surface area contributed by atoms with Gasteiger partial charge in [-0.1, -0.05) is 23.7 Å². The normalized spacial score (nSPS) is 11.1. The molecule has 0 aliphatic heterocycles. The lowest BCUT2D eigenvalue weighted by Gasteiger charge is -2.00. The molecule has 5 nitrogen and oxygen atoms in total. The average Bonchev–Trinajstić information content (AvgIpc) is 2.89. The number of pyridine rings is 1. The van der Waals surface area contributed by atoms with Crippen LogP contribution in [0.1, 0.15) is 5.56 Å². The molecular formula is C14H10ClN5S. The largest absolute Gasteiger partial charge is 0.265 e. The predicted octanol–water partition coefficient (Wildman–Crippen LogP) is 3.54. The molecule has 0 aliphatic carbocycles. The van der Waals surface area contributed by atoms with Crippen LogP contribution in [0.15, 0.2) is 53.9 Å². The summed E-state index contributed by atoms with van der Waals surface area (Å²) in [7, 11) is 0. The summed E-state index contributed by atoms with van der Waals surface area (Å²) < 4.78 is 1.99. The van der Waals surface area contributed by atoms with Gasteiger partial charge in [0.1, 0.15) is 0 Å². The van der Waals surface area contributed by atoms with E-state index in [2.05, 4.69) is 20.3 Å². The molecule has 2 heterocycles. The first-order valence-electron chi connectivity index (χ1n) is 6.12. The molecule has 104 valence electrons. The van der Waals surface area contributed by atoms with Crippen molar-refractivity contribution in [2.75, 3.05) is 0 Å². The van der Waals surface area contributed by atoms with Gasteiger partial charge >= 0.3 is 0 Å². The van der Waals surface area contributed by atoms with E-state index in [9.17, 15) is 0 Å². The summed E-state index contributed by atoms with van der Waals surface area (Å²) in [5.41, 5.74) is 1.80. The highest BCUT2D eigenvalue weighted by atomic mass is 35.5. The summed E-state index contributed by atoms with van der Waals surface area (Å²) in [5, 5.41) is 12.0. The fourth-order valence-electron chi connectivity index (χ4n) is 1.76. The molecule has 0 bridgehead atoms. The highest BCUT2D eigenvalue weighted by Gasteiger charge is 2.07. The van der Waals surface area contributed by atoms with E-state index in [1.165, 1.54) is 0 Å². The van der Waals surface area contributed by atoms with Gasteiger partial charge in [-0.2, -0.15) is 14.9 Å². The molecule has 0 atom stereocenters. The number of aromatic nitrogens is 4. The van der Waals surface area contributed by atoms with Gasteiger partial charge in [0.05, 0.1) is 6.21 Å². The Hall–Kier alpha value is -2.31. The van der Waals surface area contributed by atoms with Gasteiger partial charge in [-0.25, -0.2) is 5.10 Å². The average molecular weight is 316 g/mol. The topological polar surface area (TPSA) is 58.9 Å². The van der Waals surface area contributed by atoms with E-state index < -0.39 is 0 Å². The van der Waals surface area contributed by atoms with Crippen molar-refractivity contribution in [3.8, 4) is 11.4 Å². The quantitative estimate of drug-likeness (QED) is 0.594. The van der Waals surface area contributed by atoms with Crippen LogP contribution in [0.25, 0.3) is 11.4 Å². The van der Waals surface area contributed by atoms with Crippen LogP contribution in [0.2, 0.25) is 5.02 Å². The second-order valence-corrected chi connectivity index (χ2v) is 5.02. The molecule has 21 heavy (non-hydrogen) atoms. The van der Waals surface area contributed by atoms with E-state index in [0.29, 0.717) is 15.6 Å². The van der Waals surface area contributed by atoms with Crippen molar-refractivity contribution in [2.24, 2.45) is 5.10 Å². The van der Waals surface area contributed by atoms with Gasteiger partial charge in [-0.15, -0.1) is 0 Å². The molecule has 0 radical (unpaired) electrons. The molecule has 0 spiro atoms. The predicted molar refractivity (Wildman–Crippen MR) is 85.1 cm³/mol. The molecule has 0 saturated heterocycles. The first-order valence-corrected chi connectivity index (χ1v) is 6.90. The molecule has 1 N–H and O–H groups in total. The number of nitrogens with zero attached hydrogens (tertiary/aromatic N) is 4. The maximum atomic E-state index is 5.85. The Morgan fingerprint density at radius 3 is 2.57 bits per heavy atom. The van der Waals surface area contributed by atoms with Gasteiger partial charge in [0.25, 0.3) is 0 Å². The number of nitrogens with one attached hydrogen (secondary N) is 1. The van der Waals surface area contributed by atoms with Crippen molar-refractivity contribution in [2.45, 2.75) is 0 Å². The highest BCUT2D eigenvalue weighted by Crippen LogP contribution is 2.15. The van der Waals surface area contributed by atoms with Crippen molar-refractivity contribution in [1.29, 1.82) is 0 Å². The molecule has 3 aromatic rings. The van der Waals surface area contributed by atoms with Crippen molar-refractivity contribution >= 4 is 30.0 Å². The van der Waals surface area contributed by atoms with Crippen molar-refractivity contribution in [3.63, 3.8) is 0 Å². The van der Waals surface area contributed by atoms with Gasteiger partial charge in [-0.05, 0) is 42.0 Å². The van der Waals surface area contributed by atoms with E-state index in [1.807, 2.05) is 24.3 Å². The molecule has 0 unspecified atom stereocenters. The Bertz CT molecular complexity index is 821. The van der Waals surface area contributed by atoms with E-state index in [0.717, 1.165) is 11.1 Å². The molecule has 7 heteroatoms. The standard InChI is InChI=1S/C14H10ClN5S/c15-12-3-1-10(2-4-12)9-17-20-13(18-19-14(20)21)11-5-7-16-8-6-11/h1-9H,(H,19,21)/b17-9-. The Kier molecular flexibility index (Phi) is 3.89. The van der Waals surface area contributed by atoms with E-state index in [1.54, 1.807) is 35.4 Å². The molecular weight excluding hydrogens is 306 g/mol. The zero-order valence-electron chi connectivity index (χ0n) is 10.8. The van der Waals surface area contributed by atoms with Gasteiger partial charge in [0, 0.05) is 23.0 Å². The summed E-state index contributed by atoms with van der Waals surface area (Å²) in [4.78, 5) is 3.98. The van der Waals surface area contributed by atoms with Crippen molar-refractivity contribution in [1.82, 2.24) is 19.9 Å².